The number of nitrogens with two attached hydrogens (primary N) is 1. The van der Waals surface area contributed by atoms with E-state index in [9.17, 15) is 0 Å². The van der Waals surface area contributed by atoms with Crippen LogP contribution in [-0.2, 0) is 0 Å². The summed E-state index contributed by atoms with van der Waals surface area (Å²) in [5.41, 5.74) is 7.53. The first-order valence-corrected chi connectivity index (χ1v) is 4.35. The summed E-state index contributed by atoms with van der Waals surface area (Å²) in [5, 5.41) is 0. The molecule has 0 aliphatic heterocycles. The first-order valence-electron chi connectivity index (χ1n) is 4.35. The van der Waals surface area contributed by atoms with Crippen LogP contribution < -0.4 is 5.73 Å². The maximum absolute atomic E-state index is 5.65. The minimum atomic E-state index is 0.464. The molecule has 64 valence electrons. The molecule has 0 spiro atoms. The second kappa shape index (κ2) is 2.63. The van der Waals surface area contributed by atoms with E-state index in [0.29, 0.717) is 5.41 Å². The van der Waals surface area contributed by atoms with Gasteiger partial charge in [-0.15, -0.1) is 0 Å². The molecule has 1 fully saturated rings. The molecular formula is C10H19N. The van der Waals surface area contributed by atoms with E-state index in [1.807, 2.05) is 0 Å². The van der Waals surface area contributed by atoms with Crippen molar-refractivity contribution in [2.45, 2.75) is 27.7 Å². The topological polar surface area (TPSA) is 26.0 Å². The molecule has 0 bridgehead atoms. The van der Waals surface area contributed by atoms with Crippen molar-refractivity contribution in [1.82, 2.24) is 0 Å². The van der Waals surface area contributed by atoms with Crippen LogP contribution in [0.1, 0.15) is 27.7 Å². The van der Waals surface area contributed by atoms with Gasteiger partial charge in [-0.1, -0.05) is 25.5 Å². The smallest absolute Gasteiger partial charge is 0.00377 e. The fourth-order valence-corrected chi connectivity index (χ4v) is 1.93. The zero-order valence-corrected chi connectivity index (χ0v) is 8.02. The fourth-order valence-electron chi connectivity index (χ4n) is 1.93. The molecule has 0 saturated heterocycles. The summed E-state index contributed by atoms with van der Waals surface area (Å²) in [6.07, 6.45) is 2.36. The van der Waals surface area contributed by atoms with Crippen molar-refractivity contribution in [2.24, 2.45) is 23.0 Å². The van der Waals surface area contributed by atoms with Gasteiger partial charge in [-0.3, -0.25) is 0 Å². The molecule has 0 amide bonds. The average Bonchev–Trinajstić information content (AvgIpc) is 2.33. The molecule has 1 heteroatoms. The first-order chi connectivity index (χ1) is 5.00. The van der Waals surface area contributed by atoms with E-state index in [0.717, 1.165) is 18.4 Å². The summed E-state index contributed by atoms with van der Waals surface area (Å²) in [7, 11) is 0. The molecule has 0 unspecified atom stereocenters. The molecule has 1 nitrogen and oxygen atoms in total. The van der Waals surface area contributed by atoms with Gasteiger partial charge in [-0.2, -0.15) is 0 Å². The highest BCUT2D eigenvalue weighted by Crippen LogP contribution is 2.58. The van der Waals surface area contributed by atoms with E-state index < -0.39 is 0 Å². The van der Waals surface area contributed by atoms with Crippen molar-refractivity contribution in [2.75, 3.05) is 6.54 Å². The van der Waals surface area contributed by atoms with Gasteiger partial charge in [-0.05, 0) is 37.6 Å². The largest absolute Gasteiger partial charge is 0.330 e. The highest BCUT2D eigenvalue weighted by Gasteiger charge is 2.54. The highest BCUT2D eigenvalue weighted by molar-refractivity contribution is 5.17. The summed E-state index contributed by atoms with van der Waals surface area (Å²) in [6, 6.07) is 0. The van der Waals surface area contributed by atoms with Gasteiger partial charge in [0.1, 0.15) is 0 Å². The van der Waals surface area contributed by atoms with Crippen molar-refractivity contribution >= 4 is 0 Å². The Morgan fingerprint density at radius 3 is 2.27 bits per heavy atom. The molecule has 0 radical (unpaired) electrons. The lowest BCUT2D eigenvalue weighted by molar-refractivity contribution is 0.555. The molecule has 1 aliphatic rings. The third kappa shape index (κ3) is 1.48. The van der Waals surface area contributed by atoms with Crippen LogP contribution in [0.15, 0.2) is 11.6 Å². The van der Waals surface area contributed by atoms with Crippen molar-refractivity contribution in [3.05, 3.63) is 11.6 Å². The van der Waals surface area contributed by atoms with Crippen molar-refractivity contribution in [1.29, 1.82) is 0 Å². The number of hydrogen-bond acceptors (Lipinski definition) is 1. The highest BCUT2D eigenvalue weighted by atomic mass is 14.7. The fraction of sp³-hybridized carbons (Fsp3) is 0.800. The van der Waals surface area contributed by atoms with Gasteiger partial charge in [-0.25, -0.2) is 0 Å². The Hall–Kier alpha value is -0.300. The quantitative estimate of drug-likeness (QED) is 0.605. The predicted octanol–water partition coefficient (Wildman–Crippen LogP) is 2.18. The molecule has 2 N–H and O–H groups in total. The minimum Gasteiger partial charge on any atom is -0.330 e. The minimum absolute atomic E-state index is 0.464. The summed E-state index contributed by atoms with van der Waals surface area (Å²) in [6.45, 7) is 9.74. The predicted molar refractivity (Wildman–Crippen MR) is 49.2 cm³/mol. The lowest BCUT2D eigenvalue weighted by atomic mass is 10.1. The van der Waals surface area contributed by atoms with Crippen LogP contribution in [0.4, 0.5) is 0 Å². The summed E-state index contributed by atoms with van der Waals surface area (Å²) >= 11 is 0. The average molecular weight is 153 g/mol. The number of rotatable bonds is 2. The molecule has 2 atom stereocenters. The van der Waals surface area contributed by atoms with Crippen LogP contribution in [0, 0.1) is 17.3 Å². The number of allylic oxidation sites excluding steroid dienone is 2. The van der Waals surface area contributed by atoms with Crippen molar-refractivity contribution < 1.29 is 0 Å². The SMILES string of the molecule is CC(C)=C[C@H]1[C@H](CN)C1(C)C. The van der Waals surface area contributed by atoms with E-state index in [-0.39, 0.29) is 0 Å². The lowest BCUT2D eigenvalue weighted by Crippen LogP contribution is -2.05. The van der Waals surface area contributed by atoms with Crippen molar-refractivity contribution in [3.8, 4) is 0 Å². The zero-order valence-electron chi connectivity index (χ0n) is 8.02. The normalized spacial score (nSPS) is 33.2. The van der Waals surface area contributed by atoms with Gasteiger partial charge in [0.2, 0.25) is 0 Å². The Kier molecular flexibility index (Phi) is 2.10. The summed E-state index contributed by atoms with van der Waals surface area (Å²) < 4.78 is 0. The third-order valence-corrected chi connectivity index (χ3v) is 2.91. The van der Waals surface area contributed by atoms with Crippen LogP contribution in [-0.4, -0.2) is 6.54 Å². The van der Waals surface area contributed by atoms with Crippen molar-refractivity contribution in [3.63, 3.8) is 0 Å². The molecule has 11 heavy (non-hydrogen) atoms. The number of hydrogen-bond donors (Lipinski definition) is 1. The lowest BCUT2D eigenvalue weighted by Gasteiger charge is -1.97. The summed E-state index contributed by atoms with van der Waals surface area (Å²) in [4.78, 5) is 0. The molecule has 1 rings (SSSR count). The van der Waals surface area contributed by atoms with E-state index >= 15 is 0 Å². The van der Waals surface area contributed by atoms with E-state index in [4.69, 9.17) is 5.73 Å². The van der Waals surface area contributed by atoms with Crippen LogP contribution in [0.3, 0.4) is 0 Å². The van der Waals surface area contributed by atoms with Gasteiger partial charge in [0, 0.05) is 0 Å². The van der Waals surface area contributed by atoms with E-state index in [2.05, 4.69) is 33.8 Å². The molecule has 0 heterocycles. The molecule has 1 saturated carbocycles. The second-order valence-electron chi connectivity index (χ2n) is 4.43. The molecule has 0 aromatic heterocycles. The maximum atomic E-state index is 5.65. The standard InChI is InChI=1S/C10H19N/c1-7(2)5-8-9(6-11)10(8,3)4/h5,8-9H,6,11H2,1-4H3/t8-,9-/m0/s1. The second-order valence-corrected chi connectivity index (χ2v) is 4.43. The molecule has 0 aromatic rings. The van der Waals surface area contributed by atoms with Gasteiger partial charge < -0.3 is 5.73 Å². The van der Waals surface area contributed by atoms with E-state index in [1.165, 1.54) is 5.57 Å². The Morgan fingerprint density at radius 1 is 1.45 bits per heavy atom. The molecule has 0 aromatic carbocycles. The van der Waals surface area contributed by atoms with Crippen LogP contribution in [0.5, 0.6) is 0 Å². The molecule has 1 aliphatic carbocycles. The Morgan fingerprint density at radius 2 is 2.00 bits per heavy atom. The van der Waals surface area contributed by atoms with Crippen LogP contribution in [0.2, 0.25) is 0 Å². The maximum Gasteiger partial charge on any atom is -0.00377 e. The third-order valence-electron chi connectivity index (χ3n) is 2.91. The Balaban J connectivity index is 2.59. The van der Waals surface area contributed by atoms with Gasteiger partial charge in [0.05, 0.1) is 0 Å². The van der Waals surface area contributed by atoms with Gasteiger partial charge in [0.15, 0.2) is 0 Å². The van der Waals surface area contributed by atoms with Gasteiger partial charge >= 0.3 is 0 Å². The van der Waals surface area contributed by atoms with E-state index in [1.54, 1.807) is 0 Å². The Bertz CT molecular complexity index is 175. The van der Waals surface area contributed by atoms with Gasteiger partial charge in [0.25, 0.3) is 0 Å². The Labute approximate surface area is 69.7 Å². The molecular weight excluding hydrogens is 134 g/mol. The van der Waals surface area contributed by atoms with Crippen LogP contribution in [0.25, 0.3) is 0 Å². The zero-order chi connectivity index (χ0) is 8.65. The summed E-state index contributed by atoms with van der Waals surface area (Å²) in [5.74, 6) is 1.45. The monoisotopic (exact) mass is 153 g/mol. The van der Waals surface area contributed by atoms with Crippen LogP contribution >= 0.6 is 0 Å². The first kappa shape index (κ1) is 8.79.